The summed E-state index contributed by atoms with van der Waals surface area (Å²) in [7, 11) is 0. The highest BCUT2D eigenvalue weighted by Crippen LogP contribution is 2.26. The van der Waals surface area contributed by atoms with Crippen LogP contribution in [0.4, 0.5) is 0 Å². The van der Waals surface area contributed by atoms with Gasteiger partial charge in [-0.2, -0.15) is 0 Å². The number of unbranched alkanes of at least 4 members (excludes halogenated alkanes) is 22. The van der Waals surface area contributed by atoms with Crippen molar-refractivity contribution in [3.63, 3.8) is 0 Å². The number of ether oxygens (including phenoxy) is 5. The second kappa shape index (κ2) is 54.2. The second-order valence-electron chi connectivity index (χ2n) is 20.9. The van der Waals surface area contributed by atoms with Crippen molar-refractivity contribution in [2.24, 2.45) is 0 Å². The maximum Gasteiger partial charge on any atom is 0.335 e. The number of allylic oxidation sites excluding steroid dienone is 16. The van der Waals surface area contributed by atoms with E-state index in [0.29, 0.717) is 19.3 Å². The third-order valence-corrected chi connectivity index (χ3v) is 13.6. The average Bonchev–Trinajstić information content (AvgIpc) is 3.44. The van der Waals surface area contributed by atoms with Crippen LogP contribution in [0, 0.1) is 0 Å². The molecule has 0 radical (unpaired) electrons. The smallest absolute Gasteiger partial charge is 0.335 e. The summed E-state index contributed by atoms with van der Waals surface area (Å²) in [5, 5.41) is 31.5. The van der Waals surface area contributed by atoms with Crippen LogP contribution in [-0.4, -0.2) is 89.2 Å². The lowest BCUT2D eigenvalue weighted by Crippen LogP contribution is -2.61. The van der Waals surface area contributed by atoms with Crippen molar-refractivity contribution in [2.75, 3.05) is 13.2 Å². The van der Waals surface area contributed by atoms with Crippen LogP contribution in [0.2, 0.25) is 0 Å². The molecule has 0 aromatic rings. The number of carbonyl (C=O) groups excluding carboxylic acids is 3. The zero-order valence-electron chi connectivity index (χ0n) is 49.6. The molecule has 6 atom stereocenters. The van der Waals surface area contributed by atoms with Gasteiger partial charge in [-0.15, -0.1) is 0 Å². The number of hydrogen-bond donors (Lipinski definition) is 3. The molecule has 0 aromatic heterocycles. The van der Waals surface area contributed by atoms with Gasteiger partial charge >= 0.3 is 23.9 Å². The Hall–Kier alpha value is -4.36. The van der Waals surface area contributed by atoms with E-state index >= 15 is 0 Å². The predicted octanol–water partition coefficient (Wildman–Crippen LogP) is 16.5. The Balaban J connectivity index is 2.73. The monoisotopic (exact) mass is 1110 g/mol. The Bertz CT molecular complexity index is 1740. The van der Waals surface area contributed by atoms with E-state index in [4.69, 9.17) is 23.7 Å². The molecule has 0 amide bonds. The van der Waals surface area contributed by atoms with Crippen LogP contribution < -0.4 is 0 Å². The van der Waals surface area contributed by atoms with E-state index in [1.807, 2.05) is 12.2 Å². The first-order valence-electron chi connectivity index (χ1n) is 31.2. The molecule has 0 bridgehead atoms. The van der Waals surface area contributed by atoms with Crippen LogP contribution >= 0.6 is 0 Å². The number of aliphatic hydroxyl groups is 2. The number of carbonyl (C=O) groups is 4. The zero-order valence-corrected chi connectivity index (χ0v) is 49.6. The average molecular weight is 1110 g/mol. The molecular weight excluding hydrogens is 997 g/mol. The van der Waals surface area contributed by atoms with Crippen molar-refractivity contribution in [3.8, 4) is 0 Å². The highest BCUT2D eigenvalue weighted by molar-refractivity contribution is 5.74. The number of aliphatic hydroxyl groups excluding tert-OH is 2. The SMILES string of the molecule is CC/C=C\C/C=C\C/C=C\C/C=C\C/C=C\C/C=C\CCC(=O)OCC(COC1OC(C(=O)O)C(O)C(O)C1OC(=O)CCCCCCC/C=C\CCCCCC)OC(=O)CCCCCCCCC/C=C\CCCCCCCC. The van der Waals surface area contributed by atoms with Gasteiger partial charge < -0.3 is 39.0 Å². The summed E-state index contributed by atoms with van der Waals surface area (Å²) in [5.41, 5.74) is 0. The number of hydrogen-bond acceptors (Lipinski definition) is 11. The van der Waals surface area contributed by atoms with Crippen molar-refractivity contribution in [3.05, 3.63) is 97.2 Å². The second-order valence-corrected chi connectivity index (χ2v) is 20.9. The van der Waals surface area contributed by atoms with Crippen molar-refractivity contribution in [2.45, 2.75) is 289 Å². The molecular formula is C67H110O12. The van der Waals surface area contributed by atoms with Gasteiger partial charge in [-0.3, -0.25) is 14.4 Å². The van der Waals surface area contributed by atoms with Gasteiger partial charge in [-0.1, -0.05) is 221 Å². The molecule has 0 saturated carbocycles. The first-order chi connectivity index (χ1) is 38.6. The van der Waals surface area contributed by atoms with Crippen LogP contribution in [0.15, 0.2) is 97.2 Å². The Labute approximate surface area is 479 Å². The number of carboxylic acid groups (broad SMARTS) is 1. The molecule has 12 heteroatoms. The summed E-state index contributed by atoms with van der Waals surface area (Å²) in [6, 6.07) is 0. The Kier molecular flexibility index (Phi) is 49.9. The van der Waals surface area contributed by atoms with Crippen LogP contribution in [0.25, 0.3) is 0 Å². The maximum absolute atomic E-state index is 13.2. The first-order valence-corrected chi connectivity index (χ1v) is 31.2. The van der Waals surface area contributed by atoms with Crippen molar-refractivity contribution < 1.29 is 58.2 Å². The number of rotatable bonds is 52. The molecule has 1 fully saturated rings. The Morgan fingerprint density at radius 2 is 0.823 bits per heavy atom. The quantitative estimate of drug-likeness (QED) is 0.0228. The lowest BCUT2D eigenvalue weighted by molar-refractivity contribution is -0.301. The summed E-state index contributed by atoms with van der Waals surface area (Å²) < 4.78 is 28.4. The molecule has 6 unspecified atom stereocenters. The molecule has 79 heavy (non-hydrogen) atoms. The fourth-order valence-corrected chi connectivity index (χ4v) is 8.85. The number of esters is 3. The molecule has 450 valence electrons. The fourth-order valence-electron chi connectivity index (χ4n) is 8.85. The predicted molar refractivity (Wildman–Crippen MR) is 321 cm³/mol. The van der Waals surface area contributed by atoms with Gasteiger partial charge in [0.2, 0.25) is 0 Å². The fraction of sp³-hybridized carbons (Fsp3) is 0.701. The van der Waals surface area contributed by atoms with Gasteiger partial charge in [0.25, 0.3) is 0 Å². The van der Waals surface area contributed by atoms with Crippen molar-refractivity contribution in [1.29, 1.82) is 0 Å². The van der Waals surface area contributed by atoms with Crippen molar-refractivity contribution in [1.82, 2.24) is 0 Å². The molecule has 0 spiro atoms. The molecule has 1 rings (SSSR count). The minimum absolute atomic E-state index is 0.0395. The van der Waals surface area contributed by atoms with Crippen LogP contribution in [0.1, 0.15) is 252 Å². The van der Waals surface area contributed by atoms with Gasteiger partial charge in [0.15, 0.2) is 24.6 Å². The van der Waals surface area contributed by atoms with Crippen LogP contribution in [0.5, 0.6) is 0 Å². The molecule has 3 N–H and O–H groups in total. The Morgan fingerprint density at radius 3 is 1.28 bits per heavy atom. The van der Waals surface area contributed by atoms with E-state index in [1.54, 1.807) is 0 Å². The molecule has 1 aliphatic rings. The third-order valence-electron chi connectivity index (χ3n) is 13.6. The maximum atomic E-state index is 13.2. The zero-order chi connectivity index (χ0) is 57.5. The van der Waals surface area contributed by atoms with E-state index in [0.717, 1.165) is 109 Å². The van der Waals surface area contributed by atoms with Gasteiger partial charge in [0.1, 0.15) is 18.8 Å². The molecule has 0 aromatic carbocycles. The van der Waals surface area contributed by atoms with Gasteiger partial charge in [-0.05, 0) is 109 Å². The summed E-state index contributed by atoms with van der Waals surface area (Å²) in [5.74, 6) is -3.25. The largest absolute Gasteiger partial charge is 0.479 e. The van der Waals surface area contributed by atoms with Crippen LogP contribution in [-0.2, 0) is 42.9 Å². The highest BCUT2D eigenvalue weighted by atomic mass is 16.7. The summed E-state index contributed by atoms with van der Waals surface area (Å²) in [6.45, 7) is 5.79. The summed E-state index contributed by atoms with van der Waals surface area (Å²) in [4.78, 5) is 51.2. The first kappa shape index (κ1) is 72.7. The van der Waals surface area contributed by atoms with E-state index in [1.165, 1.54) is 83.5 Å². The van der Waals surface area contributed by atoms with Crippen molar-refractivity contribution >= 4 is 23.9 Å². The number of aliphatic carboxylic acids is 1. The lowest BCUT2D eigenvalue weighted by atomic mass is 9.98. The van der Waals surface area contributed by atoms with E-state index in [-0.39, 0.29) is 25.9 Å². The molecule has 1 aliphatic heterocycles. The van der Waals surface area contributed by atoms with E-state index in [9.17, 15) is 34.5 Å². The standard InChI is InChI=1S/C67H110O12/c1-4-7-10-13-16-19-22-25-27-29-30-32-33-36-38-41-44-47-50-53-59(68)75-56-58(77-60(69)54-51-48-45-42-40-37-34-31-28-26-23-20-17-14-11-8-5-2)57-76-67-65(63(72)62(71)64(79-67)66(73)74)78-61(70)55-52-49-46-43-39-35-24-21-18-15-12-9-6-3/h7,10,16,19,21,24-28,30,32,36,38,44,47,58,62-65,67,71-72H,4-6,8-9,11-15,17-18,20,22-23,29,31,33-35,37,39-43,45-46,48-57H2,1-3H3,(H,73,74)/b10-7-,19-16-,24-21-,27-25-,28-26-,32-30-,38-36-,47-44-. The van der Waals surface area contributed by atoms with Gasteiger partial charge in [-0.25, -0.2) is 4.79 Å². The minimum atomic E-state index is -1.92. The normalized spacial score (nSPS) is 18.5. The molecule has 1 saturated heterocycles. The molecule has 1 heterocycles. The molecule has 0 aliphatic carbocycles. The van der Waals surface area contributed by atoms with E-state index in [2.05, 4.69) is 106 Å². The summed E-state index contributed by atoms with van der Waals surface area (Å²) in [6.07, 6.45) is 59.5. The van der Waals surface area contributed by atoms with Gasteiger partial charge in [0, 0.05) is 19.3 Å². The van der Waals surface area contributed by atoms with Gasteiger partial charge in [0.05, 0.1) is 6.61 Å². The minimum Gasteiger partial charge on any atom is -0.479 e. The topological polar surface area (TPSA) is 175 Å². The third kappa shape index (κ3) is 44.0. The highest BCUT2D eigenvalue weighted by Gasteiger charge is 2.50. The molecule has 12 nitrogen and oxygen atoms in total. The Morgan fingerprint density at radius 1 is 0.430 bits per heavy atom. The van der Waals surface area contributed by atoms with Crippen LogP contribution in [0.3, 0.4) is 0 Å². The summed E-state index contributed by atoms with van der Waals surface area (Å²) >= 11 is 0. The number of carboxylic acids is 1. The lowest BCUT2D eigenvalue weighted by Gasteiger charge is -2.40. The van der Waals surface area contributed by atoms with E-state index < -0.39 is 67.3 Å².